The Morgan fingerprint density at radius 2 is 2.53 bits per heavy atom. The van der Waals surface area contributed by atoms with Gasteiger partial charge >= 0.3 is 5.97 Å². The highest BCUT2D eigenvalue weighted by molar-refractivity contribution is 7.10. The van der Waals surface area contributed by atoms with E-state index in [0.717, 1.165) is 19.5 Å². The van der Waals surface area contributed by atoms with Crippen molar-refractivity contribution in [3.8, 4) is 0 Å². The molecule has 0 aromatic carbocycles. The van der Waals surface area contributed by atoms with E-state index in [1.54, 1.807) is 11.3 Å². The van der Waals surface area contributed by atoms with Crippen LogP contribution in [0, 0.1) is 12.8 Å². The third kappa shape index (κ3) is 2.38. The molecule has 1 atom stereocenters. The lowest BCUT2D eigenvalue weighted by molar-refractivity contribution is -0.141. The summed E-state index contributed by atoms with van der Waals surface area (Å²) >= 11 is 1.76. The number of nitrogens with zero attached hydrogens (tertiary/aromatic N) is 1. The lowest BCUT2D eigenvalue weighted by atomic mass is 10.1. The highest BCUT2D eigenvalue weighted by Gasteiger charge is 2.28. The summed E-state index contributed by atoms with van der Waals surface area (Å²) < 4.78 is 0. The predicted octanol–water partition coefficient (Wildman–Crippen LogP) is 1.96. The van der Waals surface area contributed by atoms with Crippen molar-refractivity contribution in [3.63, 3.8) is 0 Å². The molecule has 1 N–H and O–H groups in total. The Bertz CT molecular complexity index is 361. The molecule has 0 aliphatic carbocycles. The van der Waals surface area contributed by atoms with E-state index in [2.05, 4.69) is 23.3 Å². The number of rotatable bonds is 3. The molecule has 0 bridgehead atoms. The van der Waals surface area contributed by atoms with Gasteiger partial charge < -0.3 is 5.11 Å². The Kier molecular flexibility index (Phi) is 3.07. The first kappa shape index (κ1) is 10.6. The molecule has 1 aliphatic heterocycles. The fourth-order valence-corrected chi connectivity index (χ4v) is 2.89. The zero-order valence-electron chi connectivity index (χ0n) is 8.77. The highest BCUT2D eigenvalue weighted by Crippen LogP contribution is 2.23. The van der Waals surface area contributed by atoms with Crippen molar-refractivity contribution in [1.29, 1.82) is 0 Å². The summed E-state index contributed by atoms with van der Waals surface area (Å²) in [6.45, 7) is 4.63. The molecule has 1 aromatic rings. The smallest absolute Gasteiger partial charge is 0.307 e. The zero-order chi connectivity index (χ0) is 10.8. The predicted molar refractivity (Wildman–Crippen MR) is 60.1 cm³/mol. The van der Waals surface area contributed by atoms with Gasteiger partial charge in [0.2, 0.25) is 0 Å². The van der Waals surface area contributed by atoms with Crippen molar-refractivity contribution in [1.82, 2.24) is 4.90 Å². The normalized spacial score (nSPS) is 22.1. The summed E-state index contributed by atoms with van der Waals surface area (Å²) in [6, 6.07) is 2.12. The largest absolute Gasteiger partial charge is 0.481 e. The van der Waals surface area contributed by atoms with Crippen LogP contribution in [0.25, 0.3) is 0 Å². The average Bonchev–Trinajstić information content (AvgIpc) is 2.77. The first-order valence-corrected chi connectivity index (χ1v) is 6.03. The molecule has 1 aliphatic rings. The molecule has 2 heterocycles. The van der Waals surface area contributed by atoms with Crippen molar-refractivity contribution in [2.75, 3.05) is 13.1 Å². The van der Waals surface area contributed by atoms with E-state index >= 15 is 0 Å². The molecule has 0 saturated carbocycles. The van der Waals surface area contributed by atoms with Gasteiger partial charge in [-0.3, -0.25) is 9.69 Å². The SMILES string of the molecule is Cc1ccsc1CN1CC[C@H](C(=O)O)C1. The Hall–Kier alpha value is -0.870. The summed E-state index contributed by atoms with van der Waals surface area (Å²) in [5.74, 6) is -0.814. The Labute approximate surface area is 93.3 Å². The number of aliphatic carboxylic acids is 1. The van der Waals surface area contributed by atoms with Gasteiger partial charge in [-0.1, -0.05) is 0 Å². The molecule has 1 aromatic heterocycles. The van der Waals surface area contributed by atoms with E-state index in [1.165, 1.54) is 10.4 Å². The summed E-state index contributed by atoms with van der Waals surface area (Å²) in [6.07, 6.45) is 0.791. The Morgan fingerprint density at radius 1 is 1.73 bits per heavy atom. The van der Waals surface area contributed by atoms with Crippen LogP contribution < -0.4 is 0 Å². The van der Waals surface area contributed by atoms with Crippen LogP contribution >= 0.6 is 11.3 Å². The van der Waals surface area contributed by atoms with Crippen molar-refractivity contribution in [2.24, 2.45) is 5.92 Å². The minimum Gasteiger partial charge on any atom is -0.481 e. The van der Waals surface area contributed by atoms with E-state index < -0.39 is 5.97 Å². The summed E-state index contributed by atoms with van der Waals surface area (Å²) in [5.41, 5.74) is 1.32. The van der Waals surface area contributed by atoms with Crippen LogP contribution in [0.2, 0.25) is 0 Å². The molecule has 0 amide bonds. The maximum absolute atomic E-state index is 10.8. The summed E-state index contributed by atoms with van der Waals surface area (Å²) in [7, 11) is 0. The van der Waals surface area contributed by atoms with Gasteiger partial charge in [0.1, 0.15) is 0 Å². The standard InChI is InChI=1S/C11H15NO2S/c1-8-3-5-15-10(8)7-12-4-2-9(6-12)11(13)14/h3,5,9H,2,4,6-7H2,1H3,(H,13,14)/t9-/m0/s1. The molecule has 4 heteroatoms. The van der Waals surface area contributed by atoms with Crippen LogP contribution in [0.5, 0.6) is 0 Å². The monoisotopic (exact) mass is 225 g/mol. The second kappa shape index (κ2) is 4.33. The van der Waals surface area contributed by atoms with Crippen LogP contribution in [0.4, 0.5) is 0 Å². The molecule has 0 spiro atoms. The van der Waals surface area contributed by atoms with Crippen molar-refractivity contribution in [3.05, 3.63) is 21.9 Å². The van der Waals surface area contributed by atoms with Gasteiger partial charge in [-0.2, -0.15) is 0 Å². The highest BCUT2D eigenvalue weighted by atomic mass is 32.1. The van der Waals surface area contributed by atoms with Crippen LogP contribution in [0.3, 0.4) is 0 Å². The second-order valence-corrected chi connectivity index (χ2v) is 5.09. The van der Waals surface area contributed by atoms with Gasteiger partial charge in [-0.25, -0.2) is 0 Å². The first-order chi connectivity index (χ1) is 7.16. The van der Waals surface area contributed by atoms with Gasteiger partial charge in [-0.15, -0.1) is 11.3 Å². The maximum Gasteiger partial charge on any atom is 0.307 e. The minimum atomic E-state index is -0.652. The molecule has 2 rings (SSSR count). The maximum atomic E-state index is 10.8. The average molecular weight is 225 g/mol. The third-order valence-corrected chi connectivity index (χ3v) is 3.96. The second-order valence-electron chi connectivity index (χ2n) is 4.09. The van der Waals surface area contributed by atoms with Crippen LogP contribution in [-0.2, 0) is 11.3 Å². The van der Waals surface area contributed by atoms with E-state index in [0.29, 0.717) is 6.54 Å². The molecule has 1 saturated heterocycles. The van der Waals surface area contributed by atoms with Crippen molar-refractivity contribution in [2.45, 2.75) is 19.9 Å². The number of aryl methyl sites for hydroxylation is 1. The van der Waals surface area contributed by atoms with E-state index in [1.807, 2.05) is 0 Å². The fraction of sp³-hybridized carbons (Fsp3) is 0.545. The van der Waals surface area contributed by atoms with E-state index in [-0.39, 0.29) is 5.92 Å². The lowest BCUT2D eigenvalue weighted by Crippen LogP contribution is -2.22. The summed E-state index contributed by atoms with van der Waals surface area (Å²) in [5, 5.41) is 11.0. The van der Waals surface area contributed by atoms with E-state index in [4.69, 9.17) is 5.11 Å². The number of carboxylic acid groups (broad SMARTS) is 1. The molecule has 0 unspecified atom stereocenters. The van der Waals surface area contributed by atoms with Gasteiger partial charge in [0.25, 0.3) is 0 Å². The molecule has 15 heavy (non-hydrogen) atoms. The molecular weight excluding hydrogens is 210 g/mol. The number of thiophene rings is 1. The quantitative estimate of drug-likeness (QED) is 0.855. The zero-order valence-corrected chi connectivity index (χ0v) is 9.59. The van der Waals surface area contributed by atoms with Gasteiger partial charge in [-0.05, 0) is 36.9 Å². The topological polar surface area (TPSA) is 40.5 Å². The number of carbonyl (C=O) groups is 1. The number of carboxylic acids is 1. The van der Waals surface area contributed by atoms with Gasteiger partial charge in [0.05, 0.1) is 5.92 Å². The molecule has 3 nitrogen and oxygen atoms in total. The molecule has 82 valence electrons. The van der Waals surface area contributed by atoms with E-state index in [9.17, 15) is 4.79 Å². The van der Waals surface area contributed by atoms with Crippen LogP contribution in [-0.4, -0.2) is 29.1 Å². The number of hydrogen-bond donors (Lipinski definition) is 1. The molecule has 0 radical (unpaired) electrons. The fourth-order valence-electron chi connectivity index (χ4n) is 1.95. The van der Waals surface area contributed by atoms with Crippen molar-refractivity contribution >= 4 is 17.3 Å². The Balaban J connectivity index is 1.93. The van der Waals surface area contributed by atoms with Gasteiger partial charge in [0.15, 0.2) is 0 Å². The first-order valence-electron chi connectivity index (χ1n) is 5.15. The van der Waals surface area contributed by atoms with Gasteiger partial charge in [0, 0.05) is 18.0 Å². The summed E-state index contributed by atoms with van der Waals surface area (Å²) in [4.78, 5) is 14.4. The number of likely N-dealkylation sites (tertiary alicyclic amines) is 1. The van der Waals surface area contributed by atoms with Crippen molar-refractivity contribution < 1.29 is 9.90 Å². The minimum absolute atomic E-state index is 0.162. The lowest BCUT2D eigenvalue weighted by Gasteiger charge is -2.14. The molecule has 1 fully saturated rings. The van der Waals surface area contributed by atoms with Crippen LogP contribution in [0.15, 0.2) is 11.4 Å². The van der Waals surface area contributed by atoms with Crippen LogP contribution in [0.1, 0.15) is 16.9 Å². The number of hydrogen-bond acceptors (Lipinski definition) is 3. The molecular formula is C11H15NO2S. The third-order valence-electron chi connectivity index (χ3n) is 2.96. The Morgan fingerprint density at radius 3 is 3.07 bits per heavy atom.